The fourth-order valence-corrected chi connectivity index (χ4v) is 0.583. The number of hydrogen-bond donors (Lipinski definition) is 0. The molecule has 0 fully saturated rings. The Hall–Kier alpha value is -0.0800. The summed E-state index contributed by atoms with van der Waals surface area (Å²) in [5.74, 6) is 0. The Morgan fingerprint density at radius 3 is 1.89 bits per heavy atom. The zero-order valence-electron chi connectivity index (χ0n) is 7.10. The summed E-state index contributed by atoms with van der Waals surface area (Å²) in [5, 5.41) is 1.96. The molecule has 0 aromatic heterocycles. The van der Waals surface area contributed by atoms with Crippen LogP contribution in [-0.2, 0) is 0 Å². The third-order valence-electron chi connectivity index (χ3n) is 0.928. The van der Waals surface area contributed by atoms with Crippen LogP contribution in [0.3, 0.4) is 0 Å². The molecule has 0 heterocycles. The van der Waals surface area contributed by atoms with Crippen LogP contribution < -0.4 is 5.43 Å². The Labute approximate surface area is 58.2 Å². The highest BCUT2D eigenvalue weighted by Gasteiger charge is 2.12. The van der Waals surface area contributed by atoms with Gasteiger partial charge >= 0.3 is 0 Å². The predicted octanol–water partition coefficient (Wildman–Crippen LogP) is 1.26. The second-order valence-corrected chi connectivity index (χ2v) is 3.24. The molecule has 0 bridgehead atoms. The van der Waals surface area contributed by atoms with Crippen molar-refractivity contribution in [1.29, 1.82) is 0 Å². The summed E-state index contributed by atoms with van der Waals surface area (Å²) in [4.78, 5) is 0. The van der Waals surface area contributed by atoms with Crippen molar-refractivity contribution in [2.24, 2.45) is 0 Å². The van der Waals surface area contributed by atoms with Crippen LogP contribution in [0, 0.1) is 0 Å². The minimum absolute atomic E-state index is 0.0742. The van der Waals surface area contributed by atoms with Gasteiger partial charge in [-0.1, -0.05) is 6.92 Å². The molecule has 0 aliphatic heterocycles. The molecule has 0 rings (SSSR count). The summed E-state index contributed by atoms with van der Waals surface area (Å²) in [6.45, 7) is 9.37. The zero-order chi connectivity index (χ0) is 7.49. The van der Waals surface area contributed by atoms with Crippen molar-refractivity contribution in [2.75, 3.05) is 13.6 Å². The van der Waals surface area contributed by atoms with Gasteiger partial charge in [-0.2, -0.15) is 5.43 Å². The monoisotopic (exact) mass is 129 g/mol. The first-order chi connectivity index (χ1) is 3.95. The molecule has 55 valence electrons. The SMILES string of the molecule is CCN(C)[N]C(C)(C)C. The summed E-state index contributed by atoms with van der Waals surface area (Å²) < 4.78 is 0. The molecule has 0 atom stereocenters. The lowest BCUT2D eigenvalue weighted by Gasteiger charge is -2.24. The van der Waals surface area contributed by atoms with Crippen molar-refractivity contribution in [3.05, 3.63) is 0 Å². The highest BCUT2D eigenvalue weighted by Crippen LogP contribution is 2.01. The third-order valence-corrected chi connectivity index (χ3v) is 0.928. The van der Waals surface area contributed by atoms with Crippen LogP contribution in [0.4, 0.5) is 0 Å². The van der Waals surface area contributed by atoms with Gasteiger partial charge in [0.1, 0.15) is 0 Å². The van der Waals surface area contributed by atoms with E-state index in [4.69, 9.17) is 0 Å². The zero-order valence-corrected chi connectivity index (χ0v) is 7.10. The second kappa shape index (κ2) is 3.18. The predicted molar refractivity (Wildman–Crippen MR) is 40.2 cm³/mol. The lowest BCUT2D eigenvalue weighted by molar-refractivity contribution is 0.160. The minimum atomic E-state index is 0.0742. The molecule has 0 N–H and O–H groups in total. The lowest BCUT2D eigenvalue weighted by Crippen LogP contribution is -2.40. The van der Waals surface area contributed by atoms with Gasteiger partial charge in [0.15, 0.2) is 0 Å². The van der Waals surface area contributed by atoms with E-state index in [0.29, 0.717) is 0 Å². The van der Waals surface area contributed by atoms with Crippen LogP contribution in [0.5, 0.6) is 0 Å². The van der Waals surface area contributed by atoms with Crippen molar-refractivity contribution >= 4 is 0 Å². The molecule has 0 aromatic rings. The molecule has 1 radical (unpaired) electrons. The molecule has 0 saturated heterocycles. The van der Waals surface area contributed by atoms with Crippen molar-refractivity contribution in [3.63, 3.8) is 0 Å². The van der Waals surface area contributed by atoms with E-state index in [1.807, 2.05) is 12.1 Å². The fraction of sp³-hybridized carbons (Fsp3) is 1.00. The standard InChI is InChI=1S/C7H17N2/c1-6-9(5)8-7(2,3)4/h6H2,1-5H3. The van der Waals surface area contributed by atoms with Gasteiger partial charge in [-0.15, -0.1) is 0 Å². The van der Waals surface area contributed by atoms with E-state index in [1.54, 1.807) is 0 Å². The van der Waals surface area contributed by atoms with E-state index in [1.165, 1.54) is 0 Å². The first-order valence-electron chi connectivity index (χ1n) is 3.39. The van der Waals surface area contributed by atoms with Crippen LogP contribution in [0.2, 0.25) is 0 Å². The van der Waals surface area contributed by atoms with Crippen LogP contribution in [0.1, 0.15) is 27.7 Å². The van der Waals surface area contributed by atoms with Gasteiger partial charge in [-0.25, -0.2) is 5.01 Å². The van der Waals surface area contributed by atoms with Gasteiger partial charge in [0, 0.05) is 19.1 Å². The highest BCUT2D eigenvalue weighted by atomic mass is 15.5. The maximum absolute atomic E-state index is 4.36. The molecule has 0 aliphatic rings. The van der Waals surface area contributed by atoms with Gasteiger partial charge in [-0.3, -0.25) is 0 Å². The molecule has 2 nitrogen and oxygen atoms in total. The molecular formula is C7H17N2. The maximum Gasteiger partial charge on any atom is 0.0444 e. The Kier molecular flexibility index (Phi) is 3.15. The first-order valence-corrected chi connectivity index (χ1v) is 3.39. The number of hydrogen-bond acceptors (Lipinski definition) is 1. The van der Waals surface area contributed by atoms with Crippen molar-refractivity contribution in [1.82, 2.24) is 10.4 Å². The van der Waals surface area contributed by atoms with E-state index in [0.717, 1.165) is 6.54 Å². The molecule has 0 spiro atoms. The van der Waals surface area contributed by atoms with Crippen LogP contribution >= 0.6 is 0 Å². The quantitative estimate of drug-likeness (QED) is 0.513. The molecule has 0 aromatic carbocycles. The van der Waals surface area contributed by atoms with E-state index >= 15 is 0 Å². The normalized spacial score (nSPS) is 12.7. The van der Waals surface area contributed by atoms with Crippen molar-refractivity contribution < 1.29 is 0 Å². The Morgan fingerprint density at radius 1 is 1.33 bits per heavy atom. The van der Waals surface area contributed by atoms with E-state index in [2.05, 4.69) is 33.1 Å². The molecular weight excluding hydrogens is 112 g/mol. The Morgan fingerprint density at radius 2 is 1.78 bits per heavy atom. The van der Waals surface area contributed by atoms with Crippen molar-refractivity contribution in [3.8, 4) is 0 Å². The molecule has 2 heteroatoms. The molecule has 0 unspecified atom stereocenters. The Balaban J connectivity index is 3.47. The average Bonchev–Trinajstić information content (AvgIpc) is 1.62. The fourth-order valence-electron chi connectivity index (χ4n) is 0.583. The average molecular weight is 129 g/mol. The maximum atomic E-state index is 4.36. The number of rotatable bonds is 2. The first kappa shape index (κ1) is 8.92. The van der Waals surface area contributed by atoms with Gasteiger partial charge in [0.2, 0.25) is 0 Å². The van der Waals surface area contributed by atoms with Crippen LogP contribution in [0.25, 0.3) is 0 Å². The summed E-state index contributed by atoms with van der Waals surface area (Å²) in [7, 11) is 1.99. The van der Waals surface area contributed by atoms with Gasteiger partial charge < -0.3 is 0 Å². The van der Waals surface area contributed by atoms with E-state index < -0.39 is 0 Å². The van der Waals surface area contributed by atoms with Gasteiger partial charge in [0.25, 0.3) is 0 Å². The smallest absolute Gasteiger partial charge is 0.0444 e. The molecule has 0 aliphatic carbocycles. The summed E-state index contributed by atoms with van der Waals surface area (Å²) in [6.07, 6.45) is 0. The molecule has 9 heavy (non-hydrogen) atoms. The molecule has 0 amide bonds. The van der Waals surface area contributed by atoms with Crippen LogP contribution in [-0.4, -0.2) is 24.1 Å². The second-order valence-electron chi connectivity index (χ2n) is 3.24. The van der Waals surface area contributed by atoms with Crippen molar-refractivity contribution in [2.45, 2.75) is 33.2 Å². The largest absolute Gasteiger partial charge is 0.230 e. The highest BCUT2D eigenvalue weighted by molar-refractivity contribution is 4.66. The topological polar surface area (TPSA) is 17.3 Å². The van der Waals surface area contributed by atoms with E-state index in [9.17, 15) is 0 Å². The number of nitrogens with zero attached hydrogens (tertiary/aromatic N) is 2. The molecule has 0 saturated carbocycles. The summed E-state index contributed by atoms with van der Waals surface area (Å²) in [5.41, 5.74) is 4.44. The van der Waals surface area contributed by atoms with E-state index in [-0.39, 0.29) is 5.54 Å². The summed E-state index contributed by atoms with van der Waals surface area (Å²) in [6, 6.07) is 0. The van der Waals surface area contributed by atoms with Gasteiger partial charge in [0.05, 0.1) is 0 Å². The Bertz CT molecular complexity index is 73.5. The summed E-state index contributed by atoms with van der Waals surface area (Å²) >= 11 is 0. The van der Waals surface area contributed by atoms with Gasteiger partial charge in [-0.05, 0) is 20.8 Å². The minimum Gasteiger partial charge on any atom is -0.230 e. The lowest BCUT2D eigenvalue weighted by atomic mass is 10.1. The van der Waals surface area contributed by atoms with Crippen LogP contribution in [0.15, 0.2) is 0 Å². The third kappa shape index (κ3) is 5.80.